The Morgan fingerprint density at radius 2 is 2.03 bits per heavy atom. The molecule has 168 valence electrons. The topological polar surface area (TPSA) is 58.6 Å². The summed E-state index contributed by atoms with van der Waals surface area (Å²) in [5.41, 5.74) is 1.59. The van der Waals surface area contributed by atoms with Gasteiger partial charge in [-0.3, -0.25) is 9.69 Å². The minimum Gasteiger partial charge on any atom is -0.462 e. The van der Waals surface area contributed by atoms with Gasteiger partial charge in [-0.1, -0.05) is 11.6 Å². The van der Waals surface area contributed by atoms with Crippen molar-refractivity contribution in [2.24, 2.45) is 0 Å². The zero-order chi connectivity index (χ0) is 22.4. The van der Waals surface area contributed by atoms with Gasteiger partial charge in [-0.15, -0.1) is 23.1 Å². The maximum absolute atomic E-state index is 12.6. The molecule has 1 N–H and O–H groups in total. The van der Waals surface area contributed by atoms with Crippen LogP contribution in [0.25, 0.3) is 0 Å². The van der Waals surface area contributed by atoms with Gasteiger partial charge in [0.1, 0.15) is 5.00 Å². The van der Waals surface area contributed by atoms with E-state index in [4.69, 9.17) is 16.3 Å². The standard InChI is InChI=1S/C23H29ClN2O3S2/c1-4-29-23(28)21-18-11-12-26(15(2)3)14-19(18)31-22(21)25-20(27)6-5-13-30-17-9-7-16(24)8-10-17/h7-10,15H,4-6,11-14H2,1-3H3,(H,25,27). The number of hydrogen-bond donors (Lipinski definition) is 1. The maximum atomic E-state index is 12.6. The van der Waals surface area contributed by atoms with Crippen LogP contribution in [0.1, 0.15) is 54.4 Å². The molecule has 0 bridgehead atoms. The molecule has 2 aromatic rings. The highest BCUT2D eigenvalue weighted by molar-refractivity contribution is 7.99. The van der Waals surface area contributed by atoms with E-state index >= 15 is 0 Å². The molecule has 0 unspecified atom stereocenters. The molecule has 1 aromatic heterocycles. The van der Waals surface area contributed by atoms with Crippen LogP contribution in [0.4, 0.5) is 5.00 Å². The number of halogens is 1. The van der Waals surface area contributed by atoms with Crippen molar-refractivity contribution in [3.05, 3.63) is 45.3 Å². The van der Waals surface area contributed by atoms with Gasteiger partial charge in [-0.2, -0.15) is 0 Å². The first kappa shape index (κ1) is 24.1. The van der Waals surface area contributed by atoms with Crippen LogP contribution >= 0.6 is 34.7 Å². The van der Waals surface area contributed by atoms with E-state index in [-0.39, 0.29) is 11.9 Å². The lowest BCUT2D eigenvalue weighted by atomic mass is 10.0. The van der Waals surface area contributed by atoms with Crippen molar-refractivity contribution in [3.63, 3.8) is 0 Å². The third kappa shape index (κ3) is 6.48. The lowest BCUT2D eigenvalue weighted by molar-refractivity contribution is -0.116. The molecule has 1 aliphatic heterocycles. The fraction of sp³-hybridized carbons (Fsp3) is 0.478. The van der Waals surface area contributed by atoms with Crippen LogP contribution in [-0.2, 0) is 22.5 Å². The van der Waals surface area contributed by atoms with Gasteiger partial charge in [0.15, 0.2) is 0 Å². The highest BCUT2D eigenvalue weighted by Crippen LogP contribution is 2.38. The number of esters is 1. The Kier molecular flexibility index (Phi) is 8.84. The number of amides is 1. The summed E-state index contributed by atoms with van der Waals surface area (Å²) in [5, 5.41) is 4.34. The summed E-state index contributed by atoms with van der Waals surface area (Å²) >= 11 is 9.12. The number of anilines is 1. The number of benzene rings is 1. The van der Waals surface area contributed by atoms with Crippen LogP contribution in [0.3, 0.4) is 0 Å². The van der Waals surface area contributed by atoms with Crippen LogP contribution in [0.2, 0.25) is 5.02 Å². The first-order valence-corrected chi connectivity index (χ1v) is 12.8. The Morgan fingerprint density at radius 1 is 1.29 bits per heavy atom. The normalized spacial score (nSPS) is 13.8. The summed E-state index contributed by atoms with van der Waals surface area (Å²) < 4.78 is 5.29. The molecule has 0 saturated heterocycles. The van der Waals surface area contributed by atoms with Gasteiger partial charge in [0, 0.05) is 40.3 Å². The second-order valence-corrected chi connectivity index (χ2v) is 10.4. The second kappa shape index (κ2) is 11.4. The minimum atomic E-state index is -0.341. The number of thiophene rings is 1. The number of carbonyl (C=O) groups excluding carboxylic acids is 2. The summed E-state index contributed by atoms with van der Waals surface area (Å²) in [6, 6.07) is 8.14. The highest BCUT2D eigenvalue weighted by Gasteiger charge is 2.30. The predicted octanol–water partition coefficient (Wildman–Crippen LogP) is 5.86. The van der Waals surface area contributed by atoms with E-state index in [9.17, 15) is 9.59 Å². The molecule has 3 rings (SSSR count). The molecular formula is C23H29ClN2O3S2. The summed E-state index contributed by atoms with van der Waals surface area (Å²) in [7, 11) is 0. The number of carbonyl (C=O) groups is 2. The molecule has 0 saturated carbocycles. The van der Waals surface area contributed by atoms with Gasteiger partial charge < -0.3 is 10.1 Å². The Bertz CT molecular complexity index is 912. The average molecular weight is 481 g/mol. The lowest BCUT2D eigenvalue weighted by Crippen LogP contribution is -2.35. The largest absolute Gasteiger partial charge is 0.462 e. The number of nitrogens with zero attached hydrogens (tertiary/aromatic N) is 1. The molecule has 0 fully saturated rings. The fourth-order valence-electron chi connectivity index (χ4n) is 3.51. The number of hydrogen-bond acceptors (Lipinski definition) is 6. The fourth-order valence-corrected chi connectivity index (χ4v) is 5.77. The van der Waals surface area contributed by atoms with E-state index < -0.39 is 0 Å². The Morgan fingerprint density at radius 3 is 2.71 bits per heavy atom. The Balaban J connectivity index is 1.62. The van der Waals surface area contributed by atoms with Gasteiger partial charge >= 0.3 is 5.97 Å². The van der Waals surface area contributed by atoms with Gasteiger partial charge in [0.25, 0.3) is 0 Å². The molecule has 2 heterocycles. The predicted molar refractivity (Wildman–Crippen MR) is 130 cm³/mol. The van der Waals surface area contributed by atoms with Crippen LogP contribution in [-0.4, -0.2) is 41.7 Å². The third-order valence-corrected chi connectivity index (χ3v) is 7.66. The summed E-state index contributed by atoms with van der Waals surface area (Å²) in [5.74, 6) is 0.428. The monoisotopic (exact) mass is 480 g/mol. The number of nitrogens with one attached hydrogen (secondary N) is 1. The molecule has 5 nitrogen and oxygen atoms in total. The molecular weight excluding hydrogens is 452 g/mol. The first-order chi connectivity index (χ1) is 14.9. The van der Waals surface area contributed by atoms with Gasteiger partial charge in [-0.25, -0.2) is 4.79 Å². The lowest BCUT2D eigenvalue weighted by Gasteiger charge is -2.30. The van der Waals surface area contributed by atoms with Gasteiger partial charge in [0.2, 0.25) is 5.91 Å². The molecule has 8 heteroatoms. The third-order valence-electron chi connectivity index (χ3n) is 5.18. The quantitative estimate of drug-likeness (QED) is 0.277. The van der Waals surface area contributed by atoms with E-state index in [1.54, 1.807) is 18.7 Å². The number of fused-ring (bicyclic) bond motifs is 1. The number of rotatable bonds is 9. The van der Waals surface area contributed by atoms with Crippen LogP contribution < -0.4 is 5.32 Å². The molecule has 0 atom stereocenters. The Hall–Kier alpha value is -1.54. The molecule has 0 spiro atoms. The summed E-state index contributed by atoms with van der Waals surface area (Å²) in [6.45, 7) is 8.18. The van der Waals surface area contributed by atoms with Crippen molar-refractivity contribution >= 4 is 51.6 Å². The summed E-state index contributed by atoms with van der Waals surface area (Å²) in [4.78, 5) is 29.9. The van der Waals surface area contributed by atoms with E-state index in [0.717, 1.165) is 52.0 Å². The van der Waals surface area contributed by atoms with Crippen molar-refractivity contribution < 1.29 is 14.3 Å². The maximum Gasteiger partial charge on any atom is 0.341 e. The Labute approximate surface area is 197 Å². The average Bonchev–Trinajstić information content (AvgIpc) is 3.09. The molecule has 1 amide bonds. The zero-order valence-electron chi connectivity index (χ0n) is 18.2. The molecule has 0 aliphatic carbocycles. The van der Waals surface area contributed by atoms with E-state index in [2.05, 4.69) is 24.1 Å². The van der Waals surface area contributed by atoms with Crippen molar-refractivity contribution in [1.29, 1.82) is 0 Å². The number of ether oxygens (including phenoxy) is 1. The summed E-state index contributed by atoms with van der Waals surface area (Å²) in [6.07, 6.45) is 1.95. The van der Waals surface area contributed by atoms with E-state index in [1.807, 2.05) is 24.3 Å². The van der Waals surface area contributed by atoms with Crippen molar-refractivity contribution in [2.75, 3.05) is 24.2 Å². The van der Waals surface area contributed by atoms with Crippen molar-refractivity contribution in [2.45, 2.75) is 57.5 Å². The van der Waals surface area contributed by atoms with Gasteiger partial charge in [-0.05, 0) is 69.2 Å². The second-order valence-electron chi connectivity index (χ2n) is 7.70. The van der Waals surface area contributed by atoms with Crippen LogP contribution in [0, 0.1) is 0 Å². The molecule has 0 radical (unpaired) electrons. The van der Waals surface area contributed by atoms with Crippen LogP contribution in [0.15, 0.2) is 29.2 Å². The first-order valence-electron chi connectivity index (χ1n) is 10.6. The van der Waals surface area contributed by atoms with E-state index in [1.165, 1.54) is 11.3 Å². The molecule has 1 aromatic carbocycles. The van der Waals surface area contributed by atoms with Gasteiger partial charge in [0.05, 0.1) is 12.2 Å². The minimum absolute atomic E-state index is 0.0680. The zero-order valence-corrected chi connectivity index (χ0v) is 20.6. The highest BCUT2D eigenvalue weighted by atomic mass is 35.5. The van der Waals surface area contributed by atoms with Crippen molar-refractivity contribution in [3.8, 4) is 0 Å². The molecule has 31 heavy (non-hydrogen) atoms. The molecule has 1 aliphatic rings. The number of thioether (sulfide) groups is 1. The van der Waals surface area contributed by atoms with Crippen LogP contribution in [0.5, 0.6) is 0 Å². The SMILES string of the molecule is CCOC(=O)c1c(NC(=O)CCCSc2ccc(Cl)cc2)sc2c1CCN(C(C)C)C2. The smallest absolute Gasteiger partial charge is 0.341 e. The van der Waals surface area contributed by atoms with E-state index in [0.29, 0.717) is 29.6 Å². The van der Waals surface area contributed by atoms with Crippen molar-refractivity contribution in [1.82, 2.24) is 4.90 Å².